The molecule has 0 saturated heterocycles. The summed E-state index contributed by atoms with van der Waals surface area (Å²) in [5.74, 6) is -0.542. The topological polar surface area (TPSA) is 237 Å². The minimum absolute atomic E-state index is 0.108. The summed E-state index contributed by atoms with van der Waals surface area (Å²) < 4.78 is 68.7. The molecule has 0 aromatic heterocycles. The SMILES string of the molecule is CCCCCCCCCCCCCCCCC(=O)OC[C@H](COP(=O)(O)OC[C@@H](O)COP(=O)(O)OC[C@@H](COC(=O)CCCCCCCCCCCC(C)C)OC(=O)CCCCCCCCCCCCCCC)OC(=O)CCCCCCCCCCCCCCCCCCCCC(C)C. The summed E-state index contributed by atoms with van der Waals surface area (Å²) >= 11 is 0. The number of ether oxygens (including phenoxy) is 4. The van der Waals surface area contributed by atoms with Gasteiger partial charge in [0.1, 0.15) is 19.3 Å². The van der Waals surface area contributed by atoms with E-state index in [9.17, 15) is 43.2 Å². The van der Waals surface area contributed by atoms with Gasteiger partial charge in [-0.2, -0.15) is 0 Å². The quantitative estimate of drug-likeness (QED) is 0.0222. The van der Waals surface area contributed by atoms with E-state index in [2.05, 4.69) is 41.5 Å². The molecule has 17 nitrogen and oxygen atoms in total. The number of aliphatic hydroxyl groups is 1. The van der Waals surface area contributed by atoms with E-state index in [1.54, 1.807) is 0 Å². The minimum atomic E-state index is -4.96. The van der Waals surface area contributed by atoms with E-state index in [-0.39, 0.29) is 25.7 Å². The van der Waals surface area contributed by atoms with Crippen LogP contribution < -0.4 is 0 Å². The highest BCUT2D eigenvalue weighted by Gasteiger charge is 2.30. The third-order valence-corrected chi connectivity index (χ3v) is 20.9. The Bertz CT molecular complexity index is 1920. The molecule has 0 saturated carbocycles. The number of esters is 4. The van der Waals surface area contributed by atoms with Crippen molar-refractivity contribution >= 4 is 39.5 Å². The maximum absolute atomic E-state index is 13.1. The fourth-order valence-electron chi connectivity index (χ4n) is 12.5. The van der Waals surface area contributed by atoms with Crippen LogP contribution in [0.15, 0.2) is 0 Å². The molecule has 19 heteroatoms. The van der Waals surface area contributed by atoms with Gasteiger partial charge in [0, 0.05) is 25.7 Å². The van der Waals surface area contributed by atoms with Gasteiger partial charge < -0.3 is 33.8 Å². The lowest BCUT2D eigenvalue weighted by Crippen LogP contribution is -2.30. The van der Waals surface area contributed by atoms with Crippen LogP contribution in [0.2, 0.25) is 0 Å². The Morgan fingerprint density at radius 3 is 0.680 bits per heavy atom. The number of phosphoric acid groups is 2. The van der Waals surface area contributed by atoms with Gasteiger partial charge in [-0.15, -0.1) is 0 Å². The molecule has 0 aliphatic carbocycles. The number of carbonyl (C=O) groups is 4. The Kier molecular flexibility index (Phi) is 71.2. The molecule has 3 N–H and O–H groups in total. The van der Waals surface area contributed by atoms with E-state index in [0.717, 1.165) is 102 Å². The first-order chi connectivity index (χ1) is 48.4. The smallest absolute Gasteiger partial charge is 0.462 e. The second kappa shape index (κ2) is 72.6. The fraction of sp³-hybridized carbons (Fsp3) is 0.951. The number of aliphatic hydroxyl groups excluding tert-OH is 1. The lowest BCUT2D eigenvalue weighted by Gasteiger charge is -2.21. The van der Waals surface area contributed by atoms with Crippen LogP contribution in [-0.4, -0.2) is 96.7 Å². The van der Waals surface area contributed by atoms with Crippen molar-refractivity contribution in [2.24, 2.45) is 11.8 Å². The molecule has 0 spiro atoms. The summed E-state index contributed by atoms with van der Waals surface area (Å²) in [4.78, 5) is 73.0. The van der Waals surface area contributed by atoms with Crippen LogP contribution in [0, 0.1) is 11.8 Å². The second-order valence-electron chi connectivity index (χ2n) is 30.1. The normalized spacial score (nSPS) is 13.9. The monoisotopic (exact) mass is 1470 g/mol. The van der Waals surface area contributed by atoms with Gasteiger partial charge in [0.15, 0.2) is 12.2 Å². The van der Waals surface area contributed by atoms with Crippen molar-refractivity contribution in [2.75, 3.05) is 39.6 Å². The molecule has 0 aliphatic rings. The highest BCUT2D eigenvalue weighted by Crippen LogP contribution is 2.45. The fourth-order valence-corrected chi connectivity index (χ4v) is 14.1. The van der Waals surface area contributed by atoms with Gasteiger partial charge in [0.2, 0.25) is 0 Å². The Balaban J connectivity index is 5.23. The molecule has 0 aliphatic heterocycles. The lowest BCUT2D eigenvalue weighted by molar-refractivity contribution is -0.161. The molecule has 2 unspecified atom stereocenters. The predicted molar refractivity (Wildman–Crippen MR) is 409 cm³/mol. The standard InChI is InChI=1S/C81H158O17P2/c1-7-9-11-13-15-17-19-21-30-33-39-45-51-57-63-78(83)91-69-76(97-81(86)66-60-54-48-41-35-31-27-25-23-22-24-26-29-32-37-43-49-55-61-73(3)4)71-95-99(87,88)93-67-75(82)68-94-100(89,90)96-72-77(70-92-79(84)64-58-52-46-42-36-38-44-50-56-62-74(5)6)98-80(85)65-59-53-47-40-34-28-20-18-16-14-12-10-8-2/h73-77,82H,7-72H2,1-6H3,(H,87,88)(H,89,90)/t75-,76-,77-/m1/s1. The third kappa shape index (κ3) is 74.3. The lowest BCUT2D eigenvalue weighted by atomic mass is 10.0. The number of carbonyl (C=O) groups excluding carboxylic acids is 4. The van der Waals surface area contributed by atoms with Crippen molar-refractivity contribution < 1.29 is 80.2 Å². The second-order valence-corrected chi connectivity index (χ2v) is 33.0. The maximum atomic E-state index is 13.1. The van der Waals surface area contributed by atoms with Gasteiger partial charge in [-0.1, -0.05) is 375 Å². The summed E-state index contributed by atoms with van der Waals surface area (Å²) in [6, 6.07) is 0. The molecular formula is C81H158O17P2. The van der Waals surface area contributed by atoms with Gasteiger partial charge in [0.05, 0.1) is 26.4 Å². The number of hydrogen-bond acceptors (Lipinski definition) is 15. The maximum Gasteiger partial charge on any atom is 0.472 e. The average molecular weight is 1470 g/mol. The molecule has 0 amide bonds. The molecule has 0 heterocycles. The molecule has 0 rings (SSSR count). The van der Waals surface area contributed by atoms with E-state index in [4.69, 9.17) is 37.0 Å². The number of unbranched alkanes of at least 4 members (excludes halogenated alkanes) is 50. The molecule has 0 radical (unpaired) electrons. The zero-order valence-electron chi connectivity index (χ0n) is 65.5. The van der Waals surface area contributed by atoms with E-state index < -0.39 is 97.5 Å². The van der Waals surface area contributed by atoms with Crippen molar-refractivity contribution in [1.82, 2.24) is 0 Å². The third-order valence-electron chi connectivity index (χ3n) is 19.0. The zero-order chi connectivity index (χ0) is 73.5. The Labute approximate surface area is 613 Å². The highest BCUT2D eigenvalue weighted by atomic mass is 31.2. The number of rotatable bonds is 80. The summed E-state index contributed by atoms with van der Waals surface area (Å²) in [5.41, 5.74) is 0. The van der Waals surface area contributed by atoms with Gasteiger partial charge in [0.25, 0.3) is 0 Å². The van der Waals surface area contributed by atoms with Crippen LogP contribution >= 0.6 is 15.6 Å². The highest BCUT2D eigenvalue weighted by molar-refractivity contribution is 7.47. The first kappa shape index (κ1) is 98.1. The summed E-state index contributed by atoms with van der Waals surface area (Å²) in [6.07, 6.45) is 62.4. The van der Waals surface area contributed by atoms with Crippen molar-refractivity contribution in [3.8, 4) is 0 Å². The molecule has 0 bridgehead atoms. The van der Waals surface area contributed by atoms with E-state index in [1.165, 1.54) is 244 Å². The average Bonchev–Trinajstić information content (AvgIpc) is 0.960. The van der Waals surface area contributed by atoms with E-state index >= 15 is 0 Å². The van der Waals surface area contributed by atoms with Crippen molar-refractivity contribution in [2.45, 2.75) is 445 Å². The van der Waals surface area contributed by atoms with Gasteiger partial charge in [-0.3, -0.25) is 37.3 Å². The summed E-state index contributed by atoms with van der Waals surface area (Å²) in [7, 11) is -9.92. The zero-order valence-corrected chi connectivity index (χ0v) is 67.3. The molecule has 0 aromatic rings. The summed E-state index contributed by atoms with van der Waals surface area (Å²) in [5, 5.41) is 10.6. The number of hydrogen-bond donors (Lipinski definition) is 3. The van der Waals surface area contributed by atoms with Crippen LogP contribution in [0.25, 0.3) is 0 Å². The predicted octanol–water partition coefficient (Wildman–Crippen LogP) is 24.3. The minimum Gasteiger partial charge on any atom is -0.462 e. The van der Waals surface area contributed by atoms with Gasteiger partial charge >= 0.3 is 39.5 Å². The van der Waals surface area contributed by atoms with Crippen molar-refractivity contribution in [3.63, 3.8) is 0 Å². The van der Waals surface area contributed by atoms with Crippen LogP contribution in [0.1, 0.15) is 427 Å². The molecule has 0 aromatic carbocycles. The first-order valence-corrected chi connectivity index (χ1v) is 45.0. The molecule has 5 atom stereocenters. The molecule has 594 valence electrons. The van der Waals surface area contributed by atoms with Crippen LogP contribution in [0.3, 0.4) is 0 Å². The number of phosphoric ester groups is 2. The van der Waals surface area contributed by atoms with Gasteiger partial charge in [-0.25, -0.2) is 9.13 Å². The Morgan fingerprint density at radius 2 is 0.460 bits per heavy atom. The van der Waals surface area contributed by atoms with Crippen molar-refractivity contribution in [1.29, 1.82) is 0 Å². The van der Waals surface area contributed by atoms with Crippen molar-refractivity contribution in [3.05, 3.63) is 0 Å². The van der Waals surface area contributed by atoms with Crippen LogP contribution in [-0.2, 0) is 65.4 Å². The summed E-state index contributed by atoms with van der Waals surface area (Å²) in [6.45, 7) is 9.66. The van der Waals surface area contributed by atoms with E-state index in [0.29, 0.717) is 25.7 Å². The first-order valence-electron chi connectivity index (χ1n) is 42.0. The molecule has 0 fully saturated rings. The molecular weight excluding hydrogens is 1310 g/mol. The van der Waals surface area contributed by atoms with Crippen LogP contribution in [0.5, 0.6) is 0 Å². The van der Waals surface area contributed by atoms with E-state index in [1.807, 2.05) is 0 Å². The van der Waals surface area contributed by atoms with Crippen LogP contribution in [0.4, 0.5) is 0 Å². The van der Waals surface area contributed by atoms with Gasteiger partial charge in [-0.05, 0) is 37.5 Å². The Hall–Kier alpha value is -1.94. The largest absolute Gasteiger partial charge is 0.472 e. The Morgan fingerprint density at radius 1 is 0.270 bits per heavy atom. The molecule has 100 heavy (non-hydrogen) atoms.